The fourth-order valence-corrected chi connectivity index (χ4v) is 2.31. The monoisotopic (exact) mass is 283 g/mol. The largest absolute Gasteiger partial charge is 0.494 e. The lowest BCUT2D eigenvalue weighted by Gasteiger charge is -2.04. The van der Waals surface area contributed by atoms with E-state index in [9.17, 15) is 0 Å². The van der Waals surface area contributed by atoms with Crippen molar-refractivity contribution >= 4 is 11.5 Å². The molecule has 0 bridgehead atoms. The highest BCUT2D eigenvalue weighted by atomic mass is 16.5. The average molecular weight is 283 g/mol. The van der Waals surface area contributed by atoms with Gasteiger partial charge < -0.3 is 15.2 Å². The zero-order valence-corrected chi connectivity index (χ0v) is 12.0. The quantitative estimate of drug-likeness (QED) is 0.799. The van der Waals surface area contributed by atoms with Crippen molar-refractivity contribution in [3.8, 4) is 22.8 Å². The number of fused-ring (bicyclic) bond motifs is 1. The van der Waals surface area contributed by atoms with E-state index in [-0.39, 0.29) is 0 Å². The second-order valence-electron chi connectivity index (χ2n) is 4.57. The van der Waals surface area contributed by atoms with E-state index in [2.05, 4.69) is 4.98 Å². The van der Waals surface area contributed by atoms with Gasteiger partial charge >= 0.3 is 0 Å². The van der Waals surface area contributed by atoms with Gasteiger partial charge in [0.05, 0.1) is 13.7 Å². The summed E-state index contributed by atoms with van der Waals surface area (Å²) in [5.41, 5.74) is 8.60. The summed E-state index contributed by atoms with van der Waals surface area (Å²) in [6.07, 6.45) is 1.87. The van der Waals surface area contributed by atoms with Crippen LogP contribution in [0.3, 0.4) is 0 Å². The van der Waals surface area contributed by atoms with Crippen molar-refractivity contribution < 1.29 is 9.47 Å². The van der Waals surface area contributed by atoms with Gasteiger partial charge in [0.1, 0.15) is 17.3 Å². The van der Waals surface area contributed by atoms with E-state index in [4.69, 9.17) is 15.2 Å². The highest BCUT2D eigenvalue weighted by Gasteiger charge is 2.14. The lowest BCUT2D eigenvalue weighted by atomic mass is 10.1. The standard InChI is InChI=1S/C16H17N3O2/c1-3-21-12-8-6-11(7-9-12)14-15(17)19-10-4-5-13(20-2)16(19)18-14/h4-10H,3,17H2,1-2H3. The Morgan fingerprint density at radius 1 is 1.19 bits per heavy atom. The summed E-state index contributed by atoms with van der Waals surface area (Å²) in [7, 11) is 1.62. The maximum absolute atomic E-state index is 6.20. The van der Waals surface area contributed by atoms with Crippen LogP contribution in [0.4, 0.5) is 5.82 Å². The van der Waals surface area contributed by atoms with E-state index in [0.29, 0.717) is 23.8 Å². The number of aromatic nitrogens is 2. The Morgan fingerprint density at radius 2 is 1.95 bits per heavy atom. The molecule has 5 nitrogen and oxygen atoms in total. The average Bonchev–Trinajstić information content (AvgIpc) is 2.86. The van der Waals surface area contributed by atoms with Crippen LogP contribution in [0.25, 0.3) is 16.9 Å². The molecule has 2 aromatic heterocycles. The van der Waals surface area contributed by atoms with Gasteiger partial charge in [-0.3, -0.25) is 4.40 Å². The molecule has 0 radical (unpaired) electrons. The van der Waals surface area contributed by atoms with Crippen molar-refractivity contribution in [3.63, 3.8) is 0 Å². The van der Waals surface area contributed by atoms with Gasteiger partial charge in [-0.15, -0.1) is 0 Å². The van der Waals surface area contributed by atoms with Crippen molar-refractivity contribution in [2.45, 2.75) is 6.92 Å². The van der Waals surface area contributed by atoms with Gasteiger partial charge in [-0.2, -0.15) is 0 Å². The normalized spacial score (nSPS) is 10.8. The summed E-state index contributed by atoms with van der Waals surface area (Å²) >= 11 is 0. The van der Waals surface area contributed by atoms with Crippen molar-refractivity contribution in [2.75, 3.05) is 19.5 Å². The molecular formula is C16H17N3O2. The third-order valence-electron chi connectivity index (χ3n) is 3.31. The van der Waals surface area contributed by atoms with Gasteiger partial charge in [0, 0.05) is 11.8 Å². The van der Waals surface area contributed by atoms with Crippen LogP contribution in [0.5, 0.6) is 11.5 Å². The minimum absolute atomic E-state index is 0.591. The molecule has 0 aliphatic carbocycles. The number of pyridine rings is 1. The summed E-state index contributed by atoms with van der Waals surface area (Å²) in [4.78, 5) is 4.60. The number of benzene rings is 1. The van der Waals surface area contributed by atoms with Crippen LogP contribution >= 0.6 is 0 Å². The number of ether oxygens (including phenoxy) is 2. The molecule has 1 aromatic carbocycles. The number of rotatable bonds is 4. The Kier molecular flexibility index (Phi) is 3.39. The van der Waals surface area contributed by atoms with E-state index >= 15 is 0 Å². The van der Waals surface area contributed by atoms with E-state index in [1.165, 1.54) is 0 Å². The molecule has 0 aliphatic heterocycles. The van der Waals surface area contributed by atoms with Crippen LogP contribution in [-0.2, 0) is 0 Å². The van der Waals surface area contributed by atoms with Gasteiger partial charge in [0.15, 0.2) is 11.4 Å². The van der Waals surface area contributed by atoms with Crippen molar-refractivity contribution in [1.29, 1.82) is 0 Å². The summed E-state index contributed by atoms with van der Waals surface area (Å²) in [5, 5.41) is 0. The minimum atomic E-state index is 0.591. The Labute approximate surface area is 122 Å². The molecule has 21 heavy (non-hydrogen) atoms. The molecule has 3 rings (SSSR count). The van der Waals surface area contributed by atoms with Crippen LogP contribution in [-0.4, -0.2) is 23.1 Å². The molecule has 3 aromatic rings. The van der Waals surface area contributed by atoms with Gasteiger partial charge in [0.2, 0.25) is 0 Å². The van der Waals surface area contributed by atoms with E-state index < -0.39 is 0 Å². The van der Waals surface area contributed by atoms with Crippen molar-refractivity contribution in [3.05, 3.63) is 42.6 Å². The minimum Gasteiger partial charge on any atom is -0.494 e. The molecule has 0 saturated heterocycles. The number of anilines is 1. The molecule has 0 unspecified atom stereocenters. The van der Waals surface area contributed by atoms with Gasteiger partial charge in [-0.25, -0.2) is 4.98 Å². The first-order chi connectivity index (χ1) is 10.2. The molecular weight excluding hydrogens is 266 g/mol. The first kappa shape index (κ1) is 13.3. The molecule has 108 valence electrons. The molecule has 0 fully saturated rings. The number of hydrogen-bond donors (Lipinski definition) is 1. The number of nitrogens with zero attached hydrogens (tertiary/aromatic N) is 2. The van der Waals surface area contributed by atoms with Gasteiger partial charge in [0.25, 0.3) is 0 Å². The number of nitrogen functional groups attached to an aromatic ring is 1. The molecule has 5 heteroatoms. The van der Waals surface area contributed by atoms with Crippen molar-refractivity contribution in [2.24, 2.45) is 0 Å². The maximum atomic E-state index is 6.20. The molecule has 0 saturated carbocycles. The Hall–Kier alpha value is -2.69. The Morgan fingerprint density at radius 3 is 2.62 bits per heavy atom. The van der Waals surface area contributed by atoms with Crippen LogP contribution in [0.1, 0.15) is 6.92 Å². The fraction of sp³-hybridized carbons (Fsp3) is 0.188. The number of imidazole rings is 1. The van der Waals surface area contributed by atoms with Crippen LogP contribution in [0.2, 0.25) is 0 Å². The fourth-order valence-electron chi connectivity index (χ4n) is 2.31. The zero-order valence-electron chi connectivity index (χ0n) is 12.0. The van der Waals surface area contributed by atoms with Gasteiger partial charge in [-0.05, 0) is 43.3 Å². The zero-order chi connectivity index (χ0) is 14.8. The predicted molar refractivity (Wildman–Crippen MR) is 82.8 cm³/mol. The number of nitrogens with two attached hydrogens (primary N) is 1. The maximum Gasteiger partial charge on any atom is 0.181 e. The van der Waals surface area contributed by atoms with Crippen LogP contribution in [0, 0.1) is 0 Å². The third kappa shape index (κ3) is 2.27. The first-order valence-electron chi connectivity index (χ1n) is 6.78. The highest BCUT2D eigenvalue weighted by molar-refractivity contribution is 5.77. The lowest BCUT2D eigenvalue weighted by Crippen LogP contribution is -1.95. The Balaban J connectivity index is 2.09. The topological polar surface area (TPSA) is 61.8 Å². The lowest BCUT2D eigenvalue weighted by molar-refractivity contribution is 0.340. The molecule has 0 amide bonds. The van der Waals surface area contributed by atoms with Crippen LogP contribution in [0.15, 0.2) is 42.6 Å². The molecule has 0 atom stereocenters. The second-order valence-corrected chi connectivity index (χ2v) is 4.57. The highest BCUT2D eigenvalue weighted by Crippen LogP contribution is 2.30. The van der Waals surface area contributed by atoms with E-state index in [0.717, 1.165) is 17.0 Å². The van der Waals surface area contributed by atoms with Crippen LogP contribution < -0.4 is 15.2 Å². The smallest absolute Gasteiger partial charge is 0.181 e. The summed E-state index contributed by atoms with van der Waals surface area (Å²) in [5.74, 6) is 2.12. The molecule has 2 N–H and O–H groups in total. The molecule has 2 heterocycles. The van der Waals surface area contributed by atoms with E-state index in [1.54, 1.807) is 7.11 Å². The number of hydrogen-bond acceptors (Lipinski definition) is 4. The summed E-state index contributed by atoms with van der Waals surface area (Å²) in [6.45, 7) is 2.60. The summed E-state index contributed by atoms with van der Waals surface area (Å²) in [6, 6.07) is 11.5. The third-order valence-corrected chi connectivity index (χ3v) is 3.31. The Bertz CT molecular complexity index is 763. The molecule has 0 aliphatic rings. The molecule has 0 spiro atoms. The summed E-state index contributed by atoms with van der Waals surface area (Å²) < 4.78 is 12.6. The predicted octanol–water partition coefficient (Wildman–Crippen LogP) is 2.99. The van der Waals surface area contributed by atoms with Crippen molar-refractivity contribution in [1.82, 2.24) is 9.38 Å². The second kappa shape index (κ2) is 5.36. The first-order valence-corrected chi connectivity index (χ1v) is 6.78. The van der Waals surface area contributed by atoms with E-state index in [1.807, 2.05) is 53.9 Å². The number of methoxy groups -OCH3 is 1. The van der Waals surface area contributed by atoms with Gasteiger partial charge in [-0.1, -0.05) is 0 Å². The SMILES string of the molecule is CCOc1ccc(-c2nc3c(OC)cccn3c2N)cc1.